The van der Waals surface area contributed by atoms with Crippen LogP contribution >= 0.6 is 23.4 Å². The van der Waals surface area contributed by atoms with Crippen molar-refractivity contribution in [3.63, 3.8) is 0 Å². The lowest BCUT2D eigenvalue weighted by atomic mass is 10.1. The predicted molar refractivity (Wildman–Crippen MR) is 71.8 cm³/mol. The van der Waals surface area contributed by atoms with Gasteiger partial charge < -0.3 is 9.84 Å². The molecule has 0 saturated carbocycles. The number of aliphatic hydroxyl groups is 1. The Balaban J connectivity index is 2.11. The summed E-state index contributed by atoms with van der Waals surface area (Å²) in [5.41, 5.74) is 0.857. The SMILES string of the molecule is CC1OCCC1Sc1ccc([C@H](C)O)cc1Cl. The molecule has 0 spiro atoms. The molecule has 1 fully saturated rings. The highest BCUT2D eigenvalue weighted by molar-refractivity contribution is 8.00. The van der Waals surface area contributed by atoms with E-state index in [-0.39, 0.29) is 6.10 Å². The smallest absolute Gasteiger partial charge is 0.0762 e. The number of hydrogen-bond donors (Lipinski definition) is 1. The van der Waals surface area contributed by atoms with Crippen LogP contribution in [0.4, 0.5) is 0 Å². The van der Waals surface area contributed by atoms with Crippen molar-refractivity contribution in [2.24, 2.45) is 0 Å². The molecule has 1 N–H and O–H groups in total. The molecule has 1 aromatic carbocycles. The number of benzene rings is 1. The summed E-state index contributed by atoms with van der Waals surface area (Å²) in [5, 5.41) is 10.7. The molecule has 2 rings (SSSR count). The molecule has 1 aliphatic heterocycles. The first-order valence-corrected chi connectivity index (χ1v) is 7.09. The maximum absolute atomic E-state index is 9.48. The first kappa shape index (κ1) is 13.2. The third kappa shape index (κ3) is 3.16. The highest BCUT2D eigenvalue weighted by Crippen LogP contribution is 2.37. The fourth-order valence-electron chi connectivity index (χ4n) is 1.90. The summed E-state index contributed by atoms with van der Waals surface area (Å²) in [6.07, 6.45) is 0.883. The van der Waals surface area contributed by atoms with Crippen LogP contribution in [0.25, 0.3) is 0 Å². The fraction of sp³-hybridized carbons (Fsp3) is 0.538. The van der Waals surface area contributed by atoms with E-state index in [0.717, 1.165) is 23.5 Å². The van der Waals surface area contributed by atoms with Gasteiger partial charge in [-0.25, -0.2) is 0 Å². The number of hydrogen-bond acceptors (Lipinski definition) is 3. The van der Waals surface area contributed by atoms with Gasteiger partial charge in [-0.05, 0) is 38.0 Å². The molecule has 1 heterocycles. The molecule has 0 radical (unpaired) electrons. The zero-order chi connectivity index (χ0) is 12.4. The van der Waals surface area contributed by atoms with E-state index in [1.54, 1.807) is 18.7 Å². The number of aliphatic hydroxyl groups excluding tert-OH is 1. The zero-order valence-corrected chi connectivity index (χ0v) is 11.6. The van der Waals surface area contributed by atoms with E-state index in [2.05, 4.69) is 6.92 Å². The molecule has 94 valence electrons. The second-order valence-corrected chi connectivity index (χ2v) is 6.07. The van der Waals surface area contributed by atoms with Crippen LogP contribution in [-0.2, 0) is 4.74 Å². The second-order valence-electron chi connectivity index (χ2n) is 4.39. The van der Waals surface area contributed by atoms with E-state index in [1.807, 2.05) is 18.2 Å². The summed E-state index contributed by atoms with van der Waals surface area (Å²) in [6.45, 7) is 4.68. The third-order valence-electron chi connectivity index (χ3n) is 3.02. The Morgan fingerprint density at radius 3 is 2.82 bits per heavy atom. The Morgan fingerprint density at radius 2 is 2.29 bits per heavy atom. The highest BCUT2D eigenvalue weighted by atomic mass is 35.5. The maximum atomic E-state index is 9.48. The van der Waals surface area contributed by atoms with E-state index < -0.39 is 6.10 Å². The molecule has 0 amide bonds. The minimum absolute atomic E-state index is 0.285. The van der Waals surface area contributed by atoms with Crippen LogP contribution in [0.15, 0.2) is 23.1 Å². The minimum atomic E-state index is -0.472. The summed E-state index contributed by atoms with van der Waals surface area (Å²) >= 11 is 7.99. The van der Waals surface area contributed by atoms with Crippen LogP contribution in [0.5, 0.6) is 0 Å². The lowest BCUT2D eigenvalue weighted by molar-refractivity contribution is 0.127. The summed E-state index contributed by atoms with van der Waals surface area (Å²) in [7, 11) is 0. The molecular weight excluding hydrogens is 256 g/mol. The Bertz CT molecular complexity index is 395. The summed E-state index contributed by atoms with van der Waals surface area (Å²) in [6, 6.07) is 5.76. The molecule has 4 heteroatoms. The molecule has 0 aromatic heterocycles. The monoisotopic (exact) mass is 272 g/mol. The van der Waals surface area contributed by atoms with E-state index >= 15 is 0 Å². The Hall–Kier alpha value is -0.220. The first-order valence-electron chi connectivity index (χ1n) is 5.83. The van der Waals surface area contributed by atoms with E-state index in [1.165, 1.54) is 0 Å². The van der Waals surface area contributed by atoms with Gasteiger partial charge in [0.1, 0.15) is 0 Å². The summed E-state index contributed by atoms with van der Waals surface area (Å²) in [5.74, 6) is 0. The first-order chi connectivity index (χ1) is 8.08. The second kappa shape index (κ2) is 5.61. The van der Waals surface area contributed by atoms with Gasteiger partial charge >= 0.3 is 0 Å². The topological polar surface area (TPSA) is 29.5 Å². The van der Waals surface area contributed by atoms with Crippen molar-refractivity contribution in [2.75, 3.05) is 6.61 Å². The van der Waals surface area contributed by atoms with Crippen molar-refractivity contribution >= 4 is 23.4 Å². The molecule has 1 aliphatic rings. The maximum Gasteiger partial charge on any atom is 0.0762 e. The van der Waals surface area contributed by atoms with Crippen molar-refractivity contribution in [3.8, 4) is 0 Å². The van der Waals surface area contributed by atoms with E-state index in [4.69, 9.17) is 16.3 Å². The molecule has 0 bridgehead atoms. The average molecular weight is 273 g/mol. The number of ether oxygens (including phenoxy) is 1. The molecule has 1 aromatic rings. The van der Waals surface area contributed by atoms with Crippen LogP contribution in [0, 0.1) is 0 Å². The number of halogens is 1. The molecule has 2 unspecified atom stereocenters. The molecule has 2 nitrogen and oxygen atoms in total. The summed E-state index contributed by atoms with van der Waals surface area (Å²) < 4.78 is 5.54. The van der Waals surface area contributed by atoms with Gasteiger partial charge in [0.15, 0.2) is 0 Å². The van der Waals surface area contributed by atoms with Crippen LogP contribution < -0.4 is 0 Å². The van der Waals surface area contributed by atoms with Gasteiger partial charge in [0.25, 0.3) is 0 Å². The quantitative estimate of drug-likeness (QED) is 0.911. The molecule has 3 atom stereocenters. The number of thioether (sulfide) groups is 1. The van der Waals surface area contributed by atoms with Crippen molar-refractivity contribution in [3.05, 3.63) is 28.8 Å². The van der Waals surface area contributed by atoms with Gasteiger partial charge in [0, 0.05) is 16.8 Å². The van der Waals surface area contributed by atoms with Crippen molar-refractivity contribution < 1.29 is 9.84 Å². The molecule has 0 aliphatic carbocycles. The van der Waals surface area contributed by atoms with Crippen molar-refractivity contribution in [2.45, 2.75) is 42.6 Å². The standard InChI is InChI=1S/C13H17ClO2S/c1-8(15)10-3-4-13(11(14)7-10)17-12-5-6-16-9(12)2/h3-4,7-9,12,15H,5-6H2,1-2H3/t8-,9?,12?/m0/s1. The van der Waals surface area contributed by atoms with Gasteiger partial charge in [-0.2, -0.15) is 0 Å². The lowest BCUT2D eigenvalue weighted by Gasteiger charge is -2.15. The van der Waals surface area contributed by atoms with Crippen molar-refractivity contribution in [1.82, 2.24) is 0 Å². The highest BCUT2D eigenvalue weighted by Gasteiger charge is 2.25. The van der Waals surface area contributed by atoms with Crippen LogP contribution in [0.1, 0.15) is 31.9 Å². The Labute approximate surface area is 111 Å². The fourth-order valence-corrected chi connectivity index (χ4v) is 3.35. The lowest BCUT2D eigenvalue weighted by Crippen LogP contribution is -2.13. The average Bonchev–Trinajstić information content (AvgIpc) is 2.67. The molecular formula is C13H17ClO2S. The van der Waals surface area contributed by atoms with Gasteiger partial charge in [0.2, 0.25) is 0 Å². The van der Waals surface area contributed by atoms with Crippen LogP contribution in [-0.4, -0.2) is 23.1 Å². The summed E-state index contributed by atoms with van der Waals surface area (Å²) in [4.78, 5) is 1.07. The Morgan fingerprint density at radius 1 is 1.53 bits per heavy atom. The van der Waals surface area contributed by atoms with Crippen LogP contribution in [0.3, 0.4) is 0 Å². The normalized spacial score (nSPS) is 26.1. The van der Waals surface area contributed by atoms with Gasteiger partial charge in [-0.3, -0.25) is 0 Å². The van der Waals surface area contributed by atoms with Gasteiger partial charge in [-0.1, -0.05) is 17.7 Å². The van der Waals surface area contributed by atoms with Gasteiger partial charge in [0.05, 0.1) is 17.2 Å². The number of rotatable bonds is 3. The molecule has 1 saturated heterocycles. The van der Waals surface area contributed by atoms with E-state index in [0.29, 0.717) is 10.3 Å². The Kier molecular flexibility index (Phi) is 4.36. The zero-order valence-electron chi connectivity index (χ0n) is 10.0. The van der Waals surface area contributed by atoms with Crippen LogP contribution in [0.2, 0.25) is 5.02 Å². The molecule has 17 heavy (non-hydrogen) atoms. The largest absolute Gasteiger partial charge is 0.389 e. The third-order valence-corrected chi connectivity index (χ3v) is 4.98. The minimum Gasteiger partial charge on any atom is -0.389 e. The predicted octanol–water partition coefficient (Wildman–Crippen LogP) is 3.66. The van der Waals surface area contributed by atoms with Gasteiger partial charge in [-0.15, -0.1) is 11.8 Å². The van der Waals surface area contributed by atoms with E-state index in [9.17, 15) is 5.11 Å². The van der Waals surface area contributed by atoms with Crippen molar-refractivity contribution in [1.29, 1.82) is 0 Å².